The molecule has 0 amide bonds. The van der Waals surface area contributed by atoms with Crippen LogP contribution in [0.25, 0.3) is 11.3 Å². The van der Waals surface area contributed by atoms with Crippen molar-refractivity contribution >= 4 is 26.5 Å². The Bertz CT molecular complexity index is 675. The van der Waals surface area contributed by atoms with Crippen molar-refractivity contribution in [3.8, 4) is 11.3 Å². The molecular formula is C14H18N2O2S2. The molecule has 1 unspecified atom stereocenters. The van der Waals surface area contributed by atoms with Gasteiger partial charge in [-0.05, 0) is 17.9 Å². The molecule has 1 heterocycles. The Labute approximate surface area is 123 Å². The summed E-state index contributed by atoms with van der Waals surface area (Å²) in [4.78, 5) is 4.29. The van der Waals surface area contributed by atoms with Crippen molar-refractivity contribution in [1.82, 2.24) is 4.98 Å². The highest BCUT2D eigenvalue weighted by atomic mass is 32.2. The normalized spacial score (nSPS) is 13.2. The van der Waals surface area contributed by atoms with E-state index in [4.69, 9.17) is 0 Å². The molecule has 6 heteroatoms. The minimum atomic E-state index is -3.27. The minimum Gasteiger partial charge on any atom is -0.259 e. The van der Waals surface area contributed by atoms with Gasteiger partial charge in [0.05, 0.1) is 11.9 Å². The van der Waals surface area contributed by atoms with Gasteiger partial charge in [-0.2, -0.15) is 0 Å². The van der Waals surface area contributed by atoms with E-state index in [0.717, 1.165) is 23.9 Å². The van der Waals surface area contributed by atoms with Crippen molar-refractivity contribution in [3.63, 3.8) is 0 Å². The Morgan fingerprint density at radius 1 is 1.30 bits per heavy atom. The molecule has 1 N–H and O–H groups in total. The molecule has 108 valence electrons. The average Bonchev–Trinajstić information content (AvgIpc) is 2.84. The second kappa shape index (κ2) is 5.93. The van der Waals surface area contributed by atoms with E-state index in [0.29, 0.717) is 11.0 Å². The first-order valence-corrected chi connectivity index (χ1v) is 9.20. The topological polar surface area (TPSA) is 59.1 Å². The van der Waals surface area contributed by atoms with Gasteiger partial charge in [-0.15, -0.1) is 11.3 Å². The van der Waals surface area contributed by atoms with E-state index in [2.05, 4.69) is 35.7 Å². The molecule has 20 heavy (non-hydrogen) atoms. The van der Waals surface area contributed by atoms with Gasteiger partial charge >= 0.3 is 0 Å². The SMILES string of the molecule is CCC(C)c1ccc(-c2csc(NS(C)(=O)=O)n2)cc1. The molecule has 0 saturated heterocycles. The highest BCUT2D eigenvalue weighted by molar-refractivity contribution is 7.92. The maximum Gasteiger partial charge on any atom is 0.231 e. The molecule has 1 aromatic heterocycles. The van der Waals surface area contributed by atoms with Crippen molar-refractivity contribution < 1.29 is 8.42 Å². The fraction of sp³-hybridized carbons (Fsp3) is 0.357. The third kappa shape index (κ3) is 3.80. The van der Waals surface area contributed by atoms with Crippen molar-refractivity contribution in [3.05, 3.63) is 35.2 Å². The standard InChI is InChI=1S/C14H18N2O2S2/c1-4-10(2)11-5-7-12(8-6-11)13-9-19-14(15-13)16-20(3,17)18/h5-10H,4H2,1-3H3,(H,15,16). The van der Waals surface area contributed by atoms with Crippen LogP contribution in [0.5, 0.6) is 0 Å². The molecule has 2 rings (SSSR count). The van der Waals surface area contributed by atoms with Crippen LogP contribution in [0.1, 0.15) is 31.7 Å². The van der Waals surface area contributed by atoms with Crippen LogP contribution in [0.2, 0.25) is 0 Å². The second-order valence-electron chi connectivity index (χ2n) is 4.84. The predicted octanol–water partition coefficient (Wildman–Crippen LogP) is 3.70. The van der Waals surface area contributed by atoms with Crippen molar-refractivity contribution in [1.29, 1.82) is 0 Å². The molecule has 0 fully saturated rings. The lowest BCUT2D eigenvalue weighted by Crippen LogP contribution is -2.09. The van der Waals surface area contributed by atoms with Crippen LogP contribution in [-0.2, 0) is 10.0 Å². The van der Waals surface area contributed by atoms with Crippen molar-refractivity contribution in [2.75, 3.05) is 11.0 Å². The first-order valence-electron chi connectivity index (χ1n) is 6.42. The zero-order chi connectivity index (χ0) is 14.8. The van der Waals surface area contributed by atoms with Crippen LogP contribution in [0.15, 0.2) is 29.6 Å². The quantitative estimate of drug-likeness (QED) is 0.916. The highest BCUT2D eigenvalue weighted by Gasteiger charge is 2.09. The Balaban J connectivity index is 2.20. The monoisotopic (exact) mass is 310 g/mol. The van der Waals surface area contributed by atoms with Crippen molar-refractivity contribution in [2.45, 2.75) is 26.2 Å². The maximum absolute atomic E-state index is 11.2. The smallest absolute Gasteiger partial charge is 0.231 e. The summed E-state index contributed by atoms with van der Waals surface area (Å²) in [6.07, 6.45) is 2.23. The zero-order valence-electron chi connectivity index (χ0n) is 11.8. The number of hydrogen-bond donors (Lipinski definition) is 1. The Kier molecular flexibility index (Phi) is 4.45. The Morgan fingerprint density at radius 3 is 2.50 bits per heavy atom. The summed E-state index contributed by atoms with van der Waals surface area (Å²) in [5, 5.41) is 2.25. The largest absolute Gasteiger partial charge is 0.259 e. The number of aromatic nitrogens is 1. The summed E-state index contributed by atoms with van der Waals surface area (Å²) in [5.41, 5.74) is 3.09. The van der Waals surface area contributed by atoms with E-state index in [1.54, 1.807) is 0 Å². The molecule has 0 spiro atoms. The van der Waals surface area contributed by atoms with E-state index in [-0.39, 0.29) is 0 Å². The van der Waals surface area contributed by atoms with Crippen LogP contribution in [-0.4, -0.2) is 19.7 Å². The lowest BCUT2D eigenvalue weighted by molar-refractivity contribution is 0.607. The summed E-state index contributed by atoms with van der Waals surface area (Å²) in [7, 11) is -3.27. The average molecular weight is 310 g/mol. The van der Waals surface area contributed by atoms with E-state index in [9.17, 15) is 8.42 Å². The van der Waals surface area contributed by atoms with Gasteiger partial charge in [0.1, 0.15) is 0 Å². The number of nitrogens with zero attached hydrogens (tertiary/aromatic N) is 1. The van der Waals surface area contributed by atoms with Gasteiger partial charge in [-0.3, -0.25) is 4.72 Å². The molecule has 0 aliphatic carbocycles. The predicted molar refractivity (Wildman–Crippen MR) is 84.7 cm³/mol. The van der Waals surface area contributed by atoms with Gasteiger partial charge in [-0.25, -0.2) is 13.4 Å². The third-order valence-electron chi connectivity index (χ3n) is 3.16. The number of sulfonamides is 1. The molecule has 0 saturated carbocycles. The molecule has 2 aromatic rings. The number of anilines is 1. The van der Waals surface area contributed by atoms with Gasteiger partial charge < -0.3 is 0 Å². The van der Waals surface area contributed by atoms with Gasteiger partial charge in [0, 0.05) is 10.9 Å². The fourth-order valence-corrected chi connectivity index (χ4v) is 3.40. The van der Waals surface area contributed by atoms with Crippen LogP contribution in [0, 0.1) is 0 Å². The van der Waals surface area contributed by atoms with E-state index in [1.165, 1.54) is 16.9 Å². The molecule has 0 bridgehead atoms. The molecule has 0 aliphatic heterocycles. The third-order valence-corrected chi connectivity index (χ3v) is 4.62. The molecular weight excluding hydrogens is 292 g/mol. The van der Waals surface area contributed by atoms with Gasteiger partial charge in [0.2, 0.25) is 10.0 Å². The maximum atomic E-state index is 11.2. The zero-order valence-corrected chi connectivity index (χ0v) is 13.4. The summed E-state index contributed by atoms with van der Waals surface area (Å²) in [5.74, 6) is 0.543. The first kappa shape index (κ1) is 15.0. The summed E-state index contributed by atoms with van der Waals surface area (Å²) < 4.78 is 24.7. The fourth-order valence-electron chi connectivity index (χ4n) is 1.83. The molecule has 0 radical (unpaired) electrons. The molecule has 1 atom stereocenters. The van der Waals surface area contributed by atoms with Crippen LogP contribution >= 0.6 is 11.3 Å². The number of nitrogens with one attached hydrogen (secondary N) is 1. The number of benzene rings is 1. The molecule has 0 aliphatic rings. The Hall–Kier alpha value is -1.40. The lowest BCUT2D eigenvalue weighted by Gasteiger charge is -2.08. The minimum absolute atomic E-state index is 0.397. The molecule has 4 nitrogen and oxygen atoms in total. The first-order chi connectivity index (χ1) is 9.39. The van der Waals surface area contributed by atoms with Crippen LogP contribution in [0.4, 0.5) is 5.13 Å². The van der Waals surface area contributed by atoms with E-state index < -0.39 is 10.0 Å². The van der Waals surface area contributed by atoms with Gasteiger partial charge in [-0.1, -0.05) is 38.1 Å². The summed E-state index contributed by atoms with van der Waals surface area (Å²) >= 11 is 1.28. The molecule has 1 aromatic carbocycles. The second-order valence-corrected chi connectivity index (χ2v) is 7.45. The number of thiazole rings is 1. The van der Waals surface area contributed by atoms with Gasteiger partial charge in [0.25, 0.3) is 0 Å². The Morgan fingerprint density at radius 2 is 1.95 bits per heavy atom. The van der Waals surface area contributed by atoms with Crippen LogP contribution < -0.4 is 4.72 Å². The lowest BCUT2D eigenvalue weighted by atomic mass is 9.97. The van der Waals surface area contributed by atoms with E-state index >= 15 is 0 Å². The van der Waals surface area contributed by atoms with Crippen LogP contribution in [0.3, 0.4) is 0 Å². The van der Waals surface area contributed by atoms with Crippen molar-refractivity contribution in [2.24, 2.45) is 0 Å². The highest BCUT2D eigenvalue weighted by Crippen LogP contribution is 2.27. The number of rotatable bonds is 5. The van der Waals surface area contributed by atoms with Gasteiger partial charge in [0.15, 0.2) is 5.13 Å². The number of hydrogen-bond acceptors (Lipinski definition) is 4. The summed E-state index contributed by atoms with van der Waals surface area (Å²) in [6, 6.07) is 8.26. The summed E-state index contributed by atoms with van der Waals surface area (Å²) in [6.45, 7) is 4.37. The van der Waals surface area contributed by atoms with E-state index in [1.807, 2.05) is 17.5 Å².